The molecule has 0 atom stereocenters. The summed E-state index contributed by atoms with van der Waals surface area (Å²) < 4.78 is 0. The third-order valence-corrected chi connectivity index (χ3v) is 3.79. The van der Waals surface area contributed by atoms with Gasteiger partial charge >= 0.3 is 0 Å². The molecule has 0 amide bonds. The number of aromatic nitrogens is 1. The van der Waals surface area contributed by atoms with Crippen molar-refractivity contribution < 1.29 is 0 Å². The van der Waals surface area contributed by atoms with Crippen LogP contribution in [0, 0.1) is 19.8 Å². The molecule has 1 heterocycles. The van der Waals surface area contributed by atoms with Crippen LogP contribution in [0.1, 0.15) is 35.8 Å². The maximum absolute atomic E-state index is 4.50. The largest absolute Gasteiger partial charge is 0.356 e. The number of aliphatic imine (C=N–C) groups is 1. The molecular formula is C13H25IN4S. The van der Waals surface area contributed by atoms with Gasteiger partial charge in [0.25, 0.3) is 0 Å². The van der Waals surface area contributed by atoms with Gasteiger partial charge < -0.3 is 10.6 Å². The lowest BCUT2D eigenvalue weighted by Crippen LogP contribution is -2.37. The van der Waals surface area contributed by atoms with Crippen LogP contribution in [0.4, 0.5) is 0 Å². The Morgan fingerprint density at radius 3 is 2.47 bits per heavy atom. The molecule has 0 unspecified atom stereocenters. The Bertz CT molecular complexity index is 382. The Morgan fingerprint density at radius 2 is 2.00 bits per heavy atom. The highest BCUT2D eigenvalue weighted by Gasteiger charge is 2.04. The lowest BCUT2D eigenvalue weighted by atomic mass is 10.1. The van der Waals surface area contributed by atoms with Gasteiger partial charge in [-0.05, 0) is 26.2 Å². The van der Waals surface area contributed by atoms with E-state index in [0.29, 0.717) is 5.92 Å². The fraction of sp³-hybridized carbons (Fsp3) is 0.692. The maximum atomic E-state index is 4.50. The van der Waals surface area contributed by atoms with E-state index in [9.17, 15) is 0 Å². The molecule has 0 bridgehead atoms. The highest BCUT2D eigenvalue weighted by molar-refractivity contribution is 14.0. The number of halogens is 1. The Hall–Kier alpha value is -0.370. The summed E-state index contributed by atoms with van der Waals surface area (Å²) >= 11 is 1.74. The minimum Gasteiger partial charge on any atom is -0.356 e. The number of hydrogen-bond donors (Lipinski definition) is 2. The van der Waals surface area contributed by atoms with Gasteiger partial charge in [0.1, 0.15) is 5.01 Å². The van der Waals surface area contributed by atoms with Crippen molar-refractivity contribution in [3.05, 3.63) is 15.6 Å². The van der Waals surface area contributed by atoms with Crippen LogP contribution >= 0.6 is 35.3 Å². The zero-order chi connectivity index (χ0) is 13.5. The highest BCUT2D eigenvalue weighted by Crippen LogP contribution is 2.15. The van der Waals surface area contributed by atoms with E-state index in [0.717, 1.165) is 36.2 Å². The van der Waals surface area contributed by atoms with Gasteiger partial charge in [0, 0.05) is 18.5 Å². The Labute approximate surface area is 137 Å². The number of thiazole rings is 1. The average Bonchev–Trinajstić information content (AvgIpc) is 2.63. The third kappa shape index (κ3) is 7.10. The van der Waals surface area contributed by atoms with Crippen molar-refractivity contribution in [2.75, 3.05) is 13.6 Å². The molecule has 0 aliphatic heterocycles. The van der Waals surface area contributed by atoms with Crippen molar-refractivity contribution in [3.63, 3.8) is 0 Å². The summed E-state index contributed by atoms with van der Waals surface area (Å²) in [7, 11) is 1.79. The molecule has 1 rings (SSSR count). The quantitative estimate of drug-likeness (QED) is 0.457. The van der Waals surface area contributed by atoms with Gasteiger partial charge in [-0.1, -0.05) is 13.8 Å². The first-order valence-electron chi connectivity index (χ1n) is 6.40. The Balaban J connectivity index is 0.00000324. The van der Waals surface area contributed by atoms with Crippen LogP contribution in [0.3, 0.4) is 0 Å². The van der Waals surface area contributed by atoms with Gasteiger partial charge in [0.15, 0.2) is 5.96 Å². The molecule has 0 aromatic carbocycles. The number of hydrogen-bond acceptors (Lipinski definition) is 3. The topological polar surface area (TPSA) is 49.3 Å². The molecule has 0 spiro atoms. The van der Waals surface area contributed by atoms with Gasteiger partial charge in [-0.2, -0.15) is 0 Å². The number of nitrogens with one attached hydrogen (secondary N) is 2. The molecule has 0 saturated heterocycles. The SMILES string of the molecule is CN=C(NCCC(C)C)NCc1nc(C)c(C)s1.I. The van der Waals surface area contributed by atoms with E-state index in [1.807, 2.05) is 6.92 Å². The fourth-order valence-electron chi connectivity index (χ4n) is 1.47. The monoisotopic (exact) mass is 396 g/mol. The highest BCUT2D eigenvalue weighted by atomic mass is 127. The standard InChI is InChI=1S/C13H24N4S.HI/c1-9(2)6-7-15-13(14-5)16-8-12-17-10(3)11(4)18-12;/h9H,6-8H2,1-5H3,(H2,14,15,16);1H. The summed E-state index contributed by atoms with van der Waals surface area (Å²) in [5, 5.41) is 7.70. The predicted octanol–water partition coefficient (Wildman–Crippen LogP) is 3.09. The van der Waals surface area contributed by atoms with Gasteiger partial charge in [-0.25, -0.2) is 4.98 Å². The van der Waals surface area contributed by atoms with Crippen molar-refractivity contribution in [1.29, 1.82) is 0 Å². The van der Waals surface area contributed by atoms with Crippen molar-refractivity contribution in [1.82, 2.24) is 15.6 Å². The zero-order valence-corrected chi connectivity index (χ0v) is 15.6. The second-order valence-electron chi connectivity index (χ2n) is 4.78. The van der Waals surface area contributed by atoms with Crippen LogP contribution in [0.25, 0.3) is 0 Å². The number of guanidine groups is 1. The second kappa shape index (κ2) is 9.52. The average molecular weight is 396 g/mol. The lowest BCUT2D eigenvalue weighted by Gasteiger charge is -2.11. The molecule has 0 saturated carbocycles. The summed E-state index contributed by atoms with van der Waals surface area (Å²) in [5.41, 5.74) is 1.12. The molecule has 0 aliphatic carbocycles. The summed E-state index contributed by atoms with van der Waals surface area (Å²) in [5.74, 6) is 1.56. The third-order valence-electron chi connectivity index (χ3n) is 2.72. The van der Waals surface area contributed by atoms with Crippen LogP contribution in [0.5, 0.6) is 0 Å². The summed E-state index contributed by atoms with van der Waals surface area (Å²) in [6.45, 7) is 10.3. The lowest BCUT2D eigenvalue weighted by molar-refractivity contribution is 0.573. The van der Waals surface area contributed by atoms with E-state index in [1.54, 1.807) is 18.4 Å². The molecule has 0 aliphatic rings. The molecular weight excluding hydrogens is 371 g/mol. The first-order chi connectivity index (χ1) is 8.52. The van der Waals surface area contributed by atoms with Crippen LogP contribution < -0.4 is 10.6 Å². The molecule has 4 nitrogen and oxygen atoms in total. The maximum Gasteiger partial charge on any atom is 0.191 e. The van der Waals surface area contributed by atoms with E-state index in [1.165, 1.54) is 4.88 Å². The minimum atomic E-state index is 0. The smallest absolute Gasteiger partial charge is 0.191 e. The van der Waals surface area contributed by atoms with Crippen molar-refractivity contribution in [3.8, 4) is 0 Å². The molecule has 0 radical (unpaired) electrons. The van der Waals surface area contributed by atoms with Gasteiger partial charge in [0.05, 0.1) is 12.2 Å². The van der Waals surface area contributed by atoms with Crippen LogP contribution in [-0.4, -0.2) is 24.5 Å². The van der Waals surface area contributed by atoms with E-state index in [2.05, 4.69) is 41.4 Å². The number of rotatable bonds is 5. The van der Waals surface area contributed by atoms with E-state index in [4.69, 9.17) is 0 Å². The number of aryl methyl sites for hydroxylation is 2. The number of nitrogens with zero attached hydrogens (tertiary/aromatic N) is 2. The van der Waals surface area contributed by atoms with Crippen LogP contribution in [-0.2, 0) is 6.54 Å². The molecule has 1 aromatic rings. The Morgan fingerprint density at radius 1 is 1.32 bits per heavy atom. The molecule has 2 N–H and O–H groups in total. The minimum absolute atomic E-state index is 0. The molecule has 0 fully saturated rings. The summed E-state index contributed by atoms with van der Waals surface area (Å²) in [4.78, 5) is 9.99. The van der Waals surface area contributed by atoms with Crippen LogP contribution in [0.15, 0.2) is 4.99 Å². The first-order valence-corrected chi connectivity index (χ1v) is 7.22. The predicted molar refractivity (Wildman–Crippen MR) is 94.7 cm³/mol. The first kappa shape index (κ1) is 18.6. The molecule has 19 heavy (non-hydrogen) atoms. The van der Waals surface area contributed by atoms with Crippen molar-refractivity contribution >= 4 is 41.3 Å². The van der Waals surface area contributed by atoms with E-state index < -0.39 is 0 Å². The van der Waals surface area contributed by atoms with Crippen LogP contribution in [0.2, 0.25) is 0 Å². The van der Waals surface area contributed by atoms with Gasteiger partial charge in [0.2, 0.25) is 0 Å². The molecule has 1 aromatic heterocycles. The molecule has 6 heteroatoms. The van der Waals surface area contributed by atoms with Gasteiger partial charge in [-0.3, -0.25) is 4.99 Å². The zero-order valence-electron chi connectivity index (χ0n) is 12.4. The normalized spacial score (nSPS) is 11.4. The fourth-order valence-corrected chi connectivity index (χ4v) is 2.35. The molecule has 110 valence electrons. The van der Waals surface area contributed by atoms with Crippen molar-refractivity contribution in [2.24, 2.45) is 10.9 Å². The summed E-state index contributed by atoms with van der Waals surface area (Å²) in [6, 6.07) is 0. The Kier molecular flexibility index (Phi) is 9.34. The summed E-state index contributed by atoms with van der Waals surface area (Å²) in [6.07, 6.45) is 1.15. The van der Waals surface area contributed by atoms with Gasteiger partial charge in [-0.15, -0.1) is 35.3 Å². The second-order valence-corrected chi connectivity index (χ2v) is 6.07. The van der Waals surface area contributed by atoms with E-state index >= 15 is 0 Å². The van der Waals surface area contributed by atoms with Crippen molar-refractivity contribution in [2.45, 2.75) is 40.7 Å². The van der Waals surface area contributed by atoms with E-state index in [-0.39, 0.29) is 24.0 Å².